The van der Waals surface area contributed by atoms with Crippen molar-refractivity contribution >= 4 is 46.4 Å². The summed E-state index contributed by atoms with van der Waals surface area (Å²) in [6.07, 6.45) is 14.4. The molecule has 0 spiro atoms. The van der Waals surface area contributed by atoms with Gasteiger partial charge in [0.25, 0.3) is 11.8 Å². The average Bonchev–Trinajstić information content (AvgIpc) is 3.83. The Kier molecular flexibility index (Phi) is 16.2. The van der Waals surface area contributed by atoms with Crippen LogP contribution in [0, 0.1) is 0 Å². The first-order valence-corrected chi connectivity index (χ1v) is 22.1. The number of unbranched alkanes of at least 4 members (excludes halogenated alkanes) is 2. The number of hydrogen-bond donors (Lipinski definition) is 2. The van der Waals surface area contributed by atoms with E-state index >= 15 is 0 Å². The quantitative estimate of drug-likeness (QED) is 0.0324. The summed E-state index contributed by atoms with van der Waals surface area (Å²) in [5, 5.41) is 7.84. The monoisotopic (exact) mass is 902 g/mol. The lowest BCUT2D eigenvalue weighted by Crippen LogP contribution is -2.54. The fourth-order valence-corrected chi connectivity index (χ4v) is 7.96. The number of likely N-dealkylation sites (tertiary alicyclic amines) is 1. The number of piperidine rings is 2. The van der Waals surface area contributed by atoms with Crippen molar-refractivity contribution in [1.29, 1.82) is 0 Å². The van der Waals surface area contributed by atoms with Crippen LogP contribution >= 0.6 is 0 Å². The molecule has 2 saturated heterocycles. The van der Waals surface area contributed by atoms with E-state index in [1.54, 1.807) is 36.4 Å². The summed E-state index contributed by atoms with van der Waals surface area (Å²) in [6.45, 7) is 11.2. The number of imide groups is 2. The molecule has 66 heavy (non-hydrogen) atoms. The molecule has 4 aromatic rings. The zero-order valence-corrected chi connectivity index (χ0v) is 36.7. The molecule has 5 heterocycles. The average molecular weight is 903 g/mol. The molecule has 18 heteroatoms. The molecule has 3 aliphatic rings. The highest BCUT2D eigenvalue weighted by Gasteiger charge is 2.46. The Labute approximate surface area is 382 Å². The number of carbonyl (C=O) groups is 5. The molecule has 346 valence electrons. The number of fused-ring (bicyclic) bond motifs is 2. The molecular weight excluding hydrogens is 849 g/mol. The van der Waals surface area contributed by atoms with Gasteiger partial charge in [-0.2, -0.15) is 5.10 Å². The lowest BCUT2D eigenvalue weighted by Gasteiger charge is -2.32. The summed E-state index contributed by atoms with van der Waals surface area (Å²) in [4.78, 5) is 74.9. The lowest BCUT2D eigenvalue weighted by atomic mass is 10.0. The van der Waals surface area contributed by atoms with E-state index in [1.165, 1.54) is 12.4 Å². The fraction of sp³-hybridized carbons (Fsp3) is 0.375. The van der Waals surface area contributed by atoms with Crippen molar-refractivity contribution < 1.29 is 47.7 Å². The van der Waals surface area contributed by atoms with Crippen molar-refractivity contribution in [2.45, 2.75) is 57.0 Å². The van der Waals surface area contributed by atoms with Crippen LogP contribution < -0.4 is 20.5 Å². The lowest BCUT2D eigenvalue weighted by molar-refractivity contribution is -0.136. The molecule has 2 fully saturated rings. The predicted octanol–water partition coefficient (Wildman–Crippen LogP) is 5.13. The first kappa shape index (κ1) is 47.0. The SMILES string of the molecule is C=C/C=C\C(=C)Oc1ccc(-c2nn(C3CCCN(C(=O)/C=C/CCCCOCCOCCOCCOc4cccc5c4C(=O)N(C4CCC(=O)NC4=O)C5=O)C3)c3ncnc(N)c23)cc1. The second kappa shape index (κ2) is 22.7. The molecule has 3 aliphatic heterocycles. The molecule has 0 aliphatic carbocycles. The summed E-state index contributed by atoms with van der Waals surface area (Å²) in [5.74, 6) is -0.704. The Morgan fingerprint density at radius 3 is 2.41 bits per heavy atom. The van der Waals surface area contributed by atoms with Gasteiger partial charge in [-0.3, -0.25) is 34.2 Å². The molecule has 0 bridgehead atoms. The van der Waals surface area contributed by atoms with Gasteiger partial charge in [0.2, 0.25) is 17.7 Å². The number of nitrogens with two attached hydrogens (primary N) is 1. The second-order valence-corrected chi connectivity index (χ2v) is 15.7. The Morgan fingerprint density at radius 2 is 1.65 bits per heavy atom. The van der Waals surface area contributed by atoms with Gasteiger partial charge in [-0.1, -0.05) is 37.5 Å². The van der Waals surface area contributed by atoms with Gasteiger partial charge in [0.05, 0.1) is 55.6 Å². The number of amides is 5. The molecule has 0 radical (unpaired) electrons. The van der Waals surface area contributed by atoms with E-state index in [4.69, 9.17) is 34.5 Å². The third-order valence-electron chi connectivity index (χ3n) is 11.2. The standard InChI is InChI=1S/C48H54N8O10/c1-3-4-11-32(2)66-35-18-16-33(17-19-35)43-42-44(49)50-31-51-45(42)56(53-43)34-12-10-22-54(30-34)40(58)15-7-5-6-8-23-62-24-25-63-26-27-64-28-29-65-38-14-9-13-36-41(38)48(61)55(47(36)60)37-20-21-39(57)52-46(37)59/h3-4,7,9,11,13-19,31,34,37H,1-2,5-6,8,10,12,20-30H2,(H2,49,50,51)(H,52,57,59)/b11-4-,15-7+. The molecule has 0 saturated carbocycles. The van der Waals surface area contributed by atoms with Gasteiger partial charge in [0.1, 0.15) is 47.7 Å². The number of allylic oxidation sites excluding steroid dienone is 4. The Morgan fingerprint density at radius 1 is 0.894 bits per heavy atom. The number of hydrogen-bond acceptors (Lipinski definition) is 14. The third-order valence-corrected chi connectivity index (χ3v) is 11.2. The predicted molar refractivity (Wildman–Crippen MR) is 243 cm³/mol. The molecule has 5 amide bonds. The number of nitrogen functional groups attached to an aromatic ring is 1. The normalized spacial score (nSPS) is 17.5. The molecule has 2 unspecified atom stereocenters. The van der Waals surface area contributed by atoms with Crippen molar-refractivity contribution in [3.05, 3.63) is 109 Å². The highest BCUT2D eigenvalue weighted by atomic mass is 16.6. The first-order chi connectivity index (χ1) is 32.1. The van der Waals surface area contributed by atoms with Crippen molar-refractivity contribution in [3.8, 4) is 22.8 Å². The molecule has 7 rings (SSSR count). The molecule has 18 nitrogen and oxygen atoms in total. The Bertz CT molecular complexity index is 2500. The van der Waals surface area contributed by atoms with Gasteiger partial charge >= 0.3 is 0 Å². The maximum atomic E-state index is 13.3. The third kappa shape index (κ3) is 11.4. The van der Waals surface area contributed by atoms with Crippen molar-refractivity contribution in [1.82, 2.24) is 34.9 Å². The number of aromatic nitrogens is 4. The number of nitrogens with one attached hydrogen (secondary N) is 1. The van der Waals surface area contributed by atoms with E-state index in [9.17, 15) is 24.0 Å². The summed E-state index contributed by atoms with van der Waals surface area (Å²) in [7, 11) is 0. The maximum absolute atomic E-state index is 13.3. The largest absolute Gasteiger partial charge is 0.490 e. The van der Waals surface area contributed by atoms with Crippen LogP contribution in [0.3, 0.4) is 0 Å². The van der Waals surface area contributed by atoms with Crippen LogP contribution in [-0.2, 0) is 28.6 Å². The van der Waals surface area contributed by atoms with Crippen LogP contribution in [0.5, 0.6) is 11.5 Å². The van der Waals surface area contributed by atoms with Crippen molar-refractivity contribution in [2.75, 3.05) is 65.1 Å². The van der Waals surface area contributed by atoms with Gasteiger partial charge in [-0.05, 0) is 87.1 Å². The Hall–Kier alpha value is -7.02. The van der Waals surface area contributed by atoms with Gasteiger partial charge in [0.15, 0.2) is 5.65 Å². The molecular formula is C48H54N8O10. The first-order valence-electron chi connectivity index (χ1n) is 22.1. The summed E-state index contributed by atoms with van der Waals surface area (Å²) in [6, 6.07) is 11.0. The van der Waals surface area contributed by atoms with E-state index in [1.807, 2.05) is 39.9 Å². The summed E-state index contributed by atoms with van der Waals surface area (Å²) in [5.41, 5.74) is 8.72. The Balaban J connectivity index is 0.751. The van der Waals surface area contributed by atoms with Crippen LogP contribution in [0.2, 0.25) is 0 Å². The minimum Gasteiger partial charge on any atom is -0.490 e. The van der Waals surface area contributed by atoms with Crippen LogP contribution in [0.4, 0.5) is 5.82 Å². The number of ether oxygens (including phenoxy) is 5. The highest BCUT2D eigenvalue weighted by molar-refractivity contribution is 6.24. The van der Waals surface area contributed by atoms with Crippen molar-refractivity contribution in [2.24, 2.45) is 0 Å². The van der Waals surface area contributed by atoms with Crippen LogP contribution in [0.1, 0.15) is 71.7 Å². The number of nitrogens with zero attached hydrogens (tertiary/aromatic N) is 6. The van der Waals surface area contributed by atoms with Crippen molar-refractivity contribution in [3.63, 3.8) is 0 Å². The van der Waals surface area contributed by atoms with E-state index in [0.29, 0.717) is 80.2 Å². The van der Waals surface area contributed by atoms with E-state index < -0.39 is 29.7 Å². The van der Waals surface area contributed by atoms with E-state index in [0.717, 1.165) is 42.6 Å². The van der Waals surface area contributed by atoms with Gasteiger partial charge < -0.3 is 34.3 Å². The van der Waals surface area contributed by atoms with Crippen LogP contribution in [-0.4, -0.2) is 124 Å². The highest BCUT2D eigenvalue weighted by Crippen LogP contribution is 2.36. The van der Waals surface area contributed by atoms with Crippen LogP contribution in [0.25, 0.3) is 22.3 Å². The van der Waals surface area contributed by atoms with Gasteiger partial charge in [0, 0.05) is 31.7 Å². The van der Waals surface area contributed by atoms with Gasteiger partial charge in [-0.25, -0.2) is 14.6 Å². The molecule has 2 atom stereocenters. The van der Waals surface area contributed by atoms with Gasteiger partial charge in [-0.15, -0.1) is 0 Å². The molecule has 3 N–H and O–H groups in total. The minimum absolute atomic E-state index is 0.0378. The number of benzene rings is 2. The number of rotatable bonds is 23. The summed E-state index contributed by atoms with van der Waals surface area (Å²) < 4.78 is 30.3. The smallest absolute Gasteiger partial charge is 0.266 e. The molecule has 2 aromatic carbocycles. The molecule has 2 aromatic heterocycles. The topological polar surface area (TPSA) is 220 Å². The zero-order valence-electron chi connectivity index (χ0n) is 36.7. The second-order valence-electron chi connectivity index (χ2n) is 15.7. The van der Waals surface area contributed by atoms with E-state index in [2.05, 4.69) is 28.4 Å². The fourth-order valence-electron chi connectivity index (χ4n) is 7.96. The number of anilines is 1. The minimum atomic E-state index is -1.05. The number of carbonyl (C=O) groups excluding carboxylic acids is 5. The zero-order chi connectivity index (χ0) is 46.4. The maximum Gasteiger partial charge on any atom is 0.266 e. The van der Waals surface area contributed by atoms with Crippen LogP contribution in [0.15, 0.2) is 98.1 Å². The van der Waals surface area contributed by atoms with E-state index in [-0.39, 0.29) is 54.9 Å². The summed E-state index contributed by atoms with van der Waals surface area (Å²) >= 11 is 0.